The summed E-state index contributed by atoms with van der Waals surface area (Å²) in [5.41, 5.74) is 0. The number of fused-ring (bicyclic) bond motifs is 1. The fourth-order valence-electron chi connectivity index (χ4n) is 1.90. The quantitative estimate of drug-likeness (QED) is 0.157. The maximum atomic E-state index is 11.3. The average Bonchev–Trinajstić information content (AvgIpc) is 2.49. The second kappa shape index (κ2) is 10.6. The van der Waals surface area contributed by atoms with Gasteiger partial charge in [0.1, 0.15) is 21.6 Å². The Morgan fingerprint density at radius 3 is 2.00 bits per heavy atom. The van der Waals surface area contributed by atoms with Crippen molar-refractivity contribution >= 4 is 32.9 Å². The Balaban J connectivity index is 0.00000264. The molecule has 0 saturated carbocycles. The normalized spacial score (nSPS) is 10.7. The van der Waals surface area contributed by atoms with Gasteiger partial charge >= 0.3 is 59.1 Å². The Bertz CT molecular complexity index is 797. The molecule has 12 heteroatoms. The minimum Gasteiger partial charge on any atom is -0.744 e. The molecule has 8 nitrogen and oxygen atoms in total. The van der Waals surface area contributed by atoms with Crippen molar-refractivity contribution in [1.82, 2.24) is 0 Å². The average molecular weight is 392 g/mol. The number of ether oxygens (including phenoxy) is 2. The van der Waals surface area contributed by atoms with Crippen LogP contribution in [0, 0.1) is 0 Å². The maximum Gasteiger partial charge on any atom is 1.00 e. The van der Waals surface area contributed by atoms with Crippen LogP contribution in [0.15, 0.2) is 34.1 Å². The summed E-state index contributed by atoms with van der Waals surface area (Å²) in [5, 5.41) is 14.2. The fraction of sp³-hybridized carbons (Fsp3) is 0.167. The van der Waals surface area contributed by atoms with Crippen molar-refractivity contribution in [2.75, 3.05) is 14.2 Å². The van der Waals surface area contributed by atoms with Crippen LogP contribution in [0.3, 0.4) is 0 Å². The van der Waals surface area contributed by atoms with Crippen molar-refractivity contribution in [3.63, 3.8) is 0 Å². The molecule has 0 spiro atoms. The van der Waals surface area contributed by atoms with E-state index < -0.39 is 15.0 Å². The molecule has 0 bridgehead atoms. The molecule has 0 aliphatic heterocycles. The van der Waals surface area contributed by atoms with E-state index in [0.29, 0.717) is 33.5 Å². The number of benzene rings is 2. The molecule has 0 heterocycles. The van der Waals surface area contributed by atoms with E-state index in [0.717, 1.165) is 0 Å². The molecule has 0 amide bonds. The Morgan fingerprint density at radius 1 is 0.958 bits per heavy atom. The van der Waals surface area contributed by atoms with E-state index >= 15 is 0 Å². The Hall–Kier alpha value is 0.440. The predicted octanol–water partition coefficient (Wildman–Crippen LogP) is -5.00. The number of methoxy groups -OCH3 is 2. The number of rotatable bonds is 6. The minimum absolute atomic E-state index is 0. The van der Waals surface area contributed by atoms with Crippen LogP contribution in [-0.4, -0.2) is 27.2 Å². The monoisotopic (exact) mass is 392 g/mol. The SMILES string of the molecule is COc1cc2cc(OC)c(S(=O)(=O)[O-])cc2cc1SOO[O-].[Na+].[Na+]. The summed E-state index contributed by atoms with van der Waals surface area (Å²) >= 11 is 0.591. The maximum absolute atomic E-state index is 11.3. The first-order valence-electron chi connectivity index (χ1n) is 5.69. The van der Waals surface area contributed by atoms with Crippen LogP contribution in [0.2, 0.25) is 0 Å². The molecule has 0 atom stereocenters. The third-order valence-corrected chi connectivity index (χ3v) is 4.31. The molecule has 2 rings (SSSR count). The molecular formula is C12H10Na2O8S2. The third kappa shape index (κ3) is 5.73. The van der Waals surface area contributed by atoms with Gasteiger partial charge in [-0.3, -0.25) is 5.04 Å². The molecule has 120 valence electrons. The van der Waals surface area contributed by atoms with E-state index in [-0.39, 0.29) is 64.9 Å². The van der Waals surface area contributed by atoms with E-state index in [9.17, 15) is 18.2 Å². The molecule has 0 aromatic heterocycles. The van der Waals surface area contributed by atoms with E-state index in [4.69, 9.17) is 9.47 Å². The van der Waals surface area contributed by atoms with Crippen molar-refractivity contribution in [2.24, 2.45) is 0 Å². The number of hydrogen-bond donors (Lipinski definition) is 0. The second-order valence-corrected chi connectivity index (χ2v) is 6.12. The first-order valence-corrected chi connectivity index (χ1v) is 7.84. The number of hydrogen-bond acceptors (Lipinski definition) is 9. The van der Waals surface area contributed by atoms with Gasteiger partial charge in [-0.1, -0.05) is 0 Å². The summed E-state index contributed by atoms with van der Waals surface area (Å²) in [5.74, 6) is 0.304. The van der Waals surface area contributed by atoms with Gasteiger partial charge in [0.25, 0.3) is 0 Å². The zero-order valence-corrected chi connectivity index (χ0v) is 19.0. The smallest absolute Gasteiger partial charge is 0.744 e. The topological polar surface area (TPSA) is 117 Å². The fourth-order valence-corrected chi connectivity index (χ4v) is 3.06. The van der Waals surface area contributed by atoms with Crippen molar-refractivity contribution in [1.29, 1.82) is 0 Å². The molecule has 0 fully saturated rings. The molecule has 0 saturated heterocycles. The van der Waals surface area contributed by atoms with Gasteiger partial charge in [0.2, 0.25) is 0 Å². The van der Waals surface area contributed by atoms with Crippen molar-refractivity contribution in [3.05, 3.63) is 24.3 Å². The van der Waals surface area contributed by atoms with Crippen LogP contribution in [0.4, 0.5) is 0 Å². The Morgan fingerprint density at radius 2 is 1.50 bits per heavy atom. The molecule has 0 unspecified atom stereocenters. The standard InChI is InChI=1S/C12H12O8S2.2Na/c1-17-9-3-7-4-10(18-2)12(22(14,15)16)6-8(7)5-11(9)21-20-19-13;;/h3-6,13H,1-2H3,(H,14,15,16);;/q;2*+1/p-2. The van der Waals surface area contributed by atoms with Crippen LogP contribution in [0.25, 0.3) is 10.8 Å². The van der Waals surface area contributed by atoms with Crippen LogP contribution in [-0.2, 0) is 19.5 Å². The predicted molar refractivity (Wildman–Crippen MR) is 73.0 cm³/mol. The molecule has 0 aliphatic carbocycles. The van der Waals surface area contributed by atoms with Gasteiger partial charge in [-0.05, 0) is 35.0 Å². The van der Waals surface area contributed by atoms with Gasteiger partial charge in [-0.25, -0.2) is 8.42 Å². The summed E-state index contributed by atoms with van der Waals surface area (Å²) < 4.78 is 48.2. The summed E-state index contributed by atoms with van der Waals surface area (Å²) in [6, 6.07) is 5.65. The molecule has 2 aromatic carbocycles. The van der Waals surface area contributed by atoms with Crippen LogP contribution < -0.4 is 73.8 Å². The van der Waals surface area contributed by atoms with Gasteiger partial charge in [-0.2, -0.15) is 4.33 Å². The van der Waals surface area contributed by atoms with E-state index in [1.165, 1.54) is 32.4 Å². The molecule has 2 aromatic rings. The van der Waals surface area contributed by atoms with Crippen LogP contribution in [0.1, 0.15) is 0 Å². The molecular weight excluding hydrogens is 382 g/mol. The largest absolute Gasteiger partial charge is 1.00 e. The summed E-state index contributed by atoms with van der Waals surface area (Å²) in [6.45, 7) is 0. The molecule has 24 heavy (non-hydrogen) atoms. The van der Waals surface area contributed by atoms with Crippen molar-refractivity contribution < 1.29 is 96.2 Å². The summed E-state index contributed by atoms with van der Waals surface area (Å²) in [4.78, 5) is -0.116. The first-order chi connectivity index (χ1) is 10.4. The zero-order chi connectivity index (χ0) is 16.3. The van der Waals surface area contributed by atoms with Gasteiger partial charge in [-0.15, -0.1) is 0 Å². The van der Waals surface area contributed by atoms with E-state index in [1.54, 1.807) is 6.07 Å². The first kappa shape index (κ1) is 24.4. The van der Waals surface area contributed by atoms with Gasteiger partial charge in [0, 0.05) is 0 Å². The molecule has 0 N–H and O–H groups in total. The summed E-state index contributed by atoms with van der Waals surface area (Å²) in [6.07, 6.45) is 0. The van der Waals surface area contributed by atoms with E-state index in [2.05, 4.69) is 9.37 Å². The zero-order valence-electron chi connectivity index (χ0n) is 13.4. The molecule has 0 aliphatic rings. The van der Waals surface area contributed by atoms with Gasteiger partial charge < -0.3 is 19.3 Å². The Labute approximate surface area is 187 Å². The minimum atomic E-state index is -4.70. The van der Waals surface area contributed by atoms with Crippen LogP contribution >= 0.6 is 12.0 Å². The molecule has 0 radical (unpaired) electrons. The van der Waals surface area contributed by atoms with Crippen molar-refractivity contribution in [3.8, 4) is 11.5 Å². The van der Waals surface area contributed by atoms with Gasteiger partial charge in [0.05, 0.1) is 36.1 Å². The second-order valence-electron chi connectivity index (χ2n) is 4.03. The van der Waals surface area contributed by atoms with Gasteiger partial charge in [0.15, 0.2) is 0 Å². The Kier molecular flexibility index (Phi) is 10.7. The summed E-state index contributed by atoms with van der Waals surface area (Å²) in [7, 11) is -2.03. The van der Waals surface area contributed by atoms with Crippen molar-refractivity contribution in [2.45, 2.75) is 9.79 Å². The third-order valence-electron chi connectivity index (χ3n) is 2.83. The van der Waals surface area contributed by atoms with Crippen LogP contribution in [0.5, 0.6) is 11.5 Å². The van der Waals surface area contributed by atoms with E-state index in [1.807, 2.05) is 0 Å².